The average molecular weight is 269 g/mol. The number of carbonyl (C=O) groups is 3. The highest BCUT2D eigenvalue weighted by Gasteiger charge is 2.33. The molecule has 0 spiro atoms. The summed E-state index contributed by atoms with van der Waals surface area (Å²) in [6.45, 7) is 0. The molecule has 0 saturated carbocycles. The zero-order valence-corrected chi connectivity index (χ0v) is 9.14. The van der Waals surface area contributed by atoms with Crippen LogP contribution in [0.2, 0.25) is 0 Å². The van der Waals surface area contributed by atoms with Gasteiger partial charge in [0.15, 0.2) is 5.92 Å². The Kier molecular flexibility index (Phi) is 3.80. The zero-order chi connectivity index (χ0) is 14.7. The summed E-state index contributed by atoms with van der Waals surface area (Å²) >= 11 is 0. The van der Waals surface area contributed by atoms with E-state index >= 15 is 0 Å². The van der Waals surface area contributed by atoms with Crippen LogP contribution in [0.4, 0.5) is 5.69 Å². The maximum Gasteiger partial charge on any atom is 0.336 e. The van der Waals surface area contributed by atoms with E-state index in [1.807, 2.05) is 0 Å². The Morgan fingerprint density at radius 3 is 2.00 bits per heavy atom. The number of nitro groups is 1. The van der Waals surface area contributed by atoms with E-state index in [1.165, 1.54) is 0 Å². The van der Waals surface area contributed by atoms with E-state index in [2.05, 4.69) is 0 Å². The Hall–Kier alpha value is -2.97. The summed E-state index contributed by atoms with van der Waals surface area (Å²) in [5.41, 5.74) is -1.85. The van der Waals surface area contributed by atoms with E-state index in [1.54, 1.807) is 0 Å². The van der Waals surface area contributed by atoms with Gasteiger partial charge in [-0.25, -0.2) is 4.79 Å². The Balaban J connectivity index is 3.55. The van der Waals surface area contributed by atoms with E-state index in [4.69, 9.17) is 15.3 Å². The van der Waals surface area contributed by atoms with Crippen LogP contribution in [0.15, 0.2) is 18.2 Å². The number of hydrogen-bond donors (Lipinski definition) is 3. The molecule has 1 aromatic carbocycles. The first-order valence-corrected chi connectivity index (χ1v) is 4.73. The van der Waals surface area contributed by atoms with Gasteiger partial charge in [-0.05, 0) is 11.6 Å². The van der Waals surface area contributed by atoms with E-state index < -0.39 is 45.6 Å². The topological polar surface area (TPSA) is 155 Å². The molecule has 9 heteroatoms. The summed E-state index contributed by atoms with van der Waals surface area (Å²) in [6, 6.07) is 2.29. The fourth-order valence-corrected chi connectivity index (χ4v) is 1.47. The monoisotopic (exact) mass is 269 g/mol. The number of hydrogen-bond acceptors (Lipinski definition) is 5. The minimum atomic E-state index is -2.19. The van der Waals surface area contributed by atoms with Crippen molar-refractivity contribution in [2.24, 2.45) is 0 Å². The first-order valence-electron chi connectivity index (χ1n) is 4.73. The quantitative estimate of drug-likeness (QED) is 0.397. The Morgan fingerprint density at radius 2 is 1.63 bits per heavy atom. The molecule has 0 saturated heterocycles. The maximum atomic E-state index is 10.9. The molecule has 19 heavy (non-hydrogen) atoms. The van der Waals surface area contributed by atoms with Gasteiger partial charge >= 0.3 is 17.9 Å². The van der Waals surface area contributed by atoms with Gasteiger partial charge in [-0.15, -0.1) is 0 Å². The summed E-state index contributed by atoms with van der Waals surface area (Å²) in [5, 5.41) is 37.0. The van der Waals surface area contributed by atoms with Crippen molar-refractivity contribution in [3.63, 3.8) is 0 Å². The lowest BCUT2D eigenvalue weighted by Gasteiger charge is -2.10. The van der Waals surface area contributed by atoms with Crippen molar-refractivity contribution >= 4 is 23.6 Å². The number of benzene rings is 1. The molecule has 0 aliphatic heterocycles. The van der Waals surface area contributed by atoms with Crippen LogP contribution in [0.1, 0.15) is 21.8 Å². The van der Waals surface area contributed by atoms with Crippen LogP contribution in [0, 0.1) is 10.1 Å². The SMILES string of the molecule is O=C(O)c1ccc([N+](=O)[O-])cc1C(C(=O)O)C(=O)O. The molecule has 0 bridgehead atoms. The molecule has 1 rings (SSSR count). The highest BCUT2D eigenvalue weighted by molar-refractivity contribution is 6.02. The first-order chi connectivity index (χ1) is 8.75. The number of aromatic carboxylic acids is 1. The van der Waals surface area contributed by atoms with E-state index in [9.17, 15) is 24.5 Å². The largest absolute Gasteiger partial charge is 0.480 e. The third-order valence-electron chi connectivity index (χ3n) is 2.28. The number of nitro benzene ring substituents is 1. The van der Waals surface area contributed by atoms with Crippen LogP contribution >= 0.6 is 0 Å². The van der Waals surface area contributed by atoms with Gasteiger partial charge in [0.2, 0.25) is 0 Å². The molecule has 0 aliphatic carbocycles. The molecule has 9 nitrogen and oxygen atoms in total. The summed E-state index contributed by atoms with van der Waals surface area (Å²) in [5.74, 6) is -7.38. The summed E-state index contributed by atoms with van der Waals surface area (Å²) in [7, 11) is 0. The summed E-state index contributed by atoms with van der Waals surface area (Å²) in [4.78, 5) is 42.3. The molecule has 0 amide bonds. The lowest BCUT2D eigenvalue weighted by molar-refractivity contribution is -0.384. The standard InChI is InChI=1S/C10H7NO8/c12-8(13)5-2-1-4(11(18)19)3-6(5)7(9(14)15)10(16)17/h1-3,7H,(H,12,13)(H,14,15)(H,16,17). The third-order valence-corrected chi connectivity index (χ3v) is 2.28. The number of aliphatic carboxylic acids is 2. The van der Waals surface area contributed by atoms with E-state index in [0.29, 0.717) is 6.07 Å². The minimum Gasteiger partial charge on any atom is -0.480 e. The number of nitrogens with zero attached hydrogens (tertiary/aromatic N) is 1. The van der Waals surface area contributed by atoms with Crippen LogP contribution in [-0.2, 0) is 9.59 Å². The zero-order valence-electron chi connectivity index (χ0n) is 9.14. The van der Waals surface area contributed by atoms with Gasteiger partial charge < -0.3 is 15.3 Å². The molecule has 0 unspecified atom stereocenters. The summed E-state index contributed by atoms with van der Waals surface area (Å²) in [6.07, 6.45) is 0. The van der Waals surface area contributed by atoms with Crippen molar-refractivity contribution < 1.29 is 34.6 Å². The van der Waals surface area contributed by atoms with E-state index in [0.717, 1.165) is 12.1 Å². The van der Waals surface area contributed by atoms with Gasteiger partial charge in [0.1, 0.15) is 0 Å². The van der Waals surface area contributed by atoms with Crippen molar-refractivity contribution in [1.29, 1.82) is 0 Å². The molecular weight excluding hydrogens is 262 g/mol. The number of carboxylic acid groups (broad SMARTS) is 3. The lowest BCUT2D eigenvalue weighted by atomic mass is 9.93. The minimum absolute atomic E-state index is 0.590. The maximum absolute atomic E-state index is 10.9. The Bertz CT molecular complexity index is 565. The van der Waals surface area contributed by atoms with Gasteiger partial charge in [-0.2, -0.15) is 0 Å². The third kappa shape index (κ3) is 2.83. The second kappa shape index (κ2) is 5.12. The molecule has 1 aromatic rings. The van der Waals surface area contributed by atoms with Gasteiger partial charge in [-0.3, -0.25) is 19.7 Å². The van der Waals surface area contributed by atoms with Gasteiger partial charge in [0.25, 0.3) is 5.69 Å². The van der Waals surface area contributed by atoms with Crippen LogP contribution < -0.4 is 0 Å². The van der Waals surface area contributed by atoms with Crippen LogP contribution in [0.3, 0.4) is 0 Å². The molecule has 0 aromatic heterocycles. The fraction of sp³-hybridized carbons (Fsp3) is 0.100. The van der Waals surface area contributed by atoms with Crippen molar-refractivity contribution in [2.75, 3.05) is 0 Å². The fourth-order valence-electron chi connectivity index (χ4n) is 1.47. The van der Waals surface area contributed by atoms with Gasteiger partial charge in [0, 0.05) is 12.1 Å². The predicted octanol–water partition coefficient (Wildman–Crippen LogP) is 0.546. The van der Waals surface area contributed by atoms with Crippen molar-refractivity contribution in [3.05, 3.63) is 39.4 Å². The van der Waals surface area contributed by atoms with Crippen LogP contribution in [0.25, 0.3) is 0 Å². The Labute approximate surface area is 104 Å². The predicted molar refractivity (Wildman–Crippen MR) is 58.1 cm³/mol. The molecule has 0 heterocycles. The van der Waals surface area contributed by atoms with Crippen molar-refractivity contribution in [2.45, 2.75) is 5.92 Å². The number of carboxylic acids is 3. The lowest BCUT2D eigenvalue weighted by Crippen LogP contribution is -2.23. The van der Waals surface area contributed by atoms with Crippen molar-refractivity contribution in [3.8, 4) is 0 Å². The smallest absolute Gasteiger partial charge is 0.336 e. The van der Waals surface area contributed by atoms with Crippen molar-refractivity contribution in [1.82, 2.24) is 0 Å². The number of rotatable bonds is 5. The highest BCUT2D eigenvalue weighted by Crippen LogP contribution is 2.26. The highest BCUT2D eigenvalue weighted by atomic mass is 16.6. The second-order valence-corrected chi connectivity index (χ2v) is 3.44. The molecule has 0 aliphatic rings. The molecule has 100 valence electrons. The number of non-ortho nitro benzene ring substituents is 1. The molecule has 0 atom stereocenters. The molecule has 0 fully saturated rings. The normalized spacial score (nSPS) is 10.2. The Morgan fingerprint density at radius 1 is 1.11 bits per heavy atom. The van der Waals surface area contributed by atoms with Gasteiger partial charge in [0.05, 0.1) is 10.5 Å². The average Bonchev–Trinajstić information content (AvgIpc) is 2.27. The second-order valence-electron chi connectivity index (χ2n) is 3.44. The molecular formula is C10H7NO8. The van der Waals surface area contributed by atoms with E-state index in [-0.39, 0.29) is 0 Å². The first kappa shape index (κ1) is 14.1. The van der Waals surface area contributed by atoms with Gasteiger partial charge in [-0.1, -0.05) is 0 Å². The molecule has 3 N–H and O–H groups in total. The molecule has 0 radical (unpaired) electrons. The van der Waals surface area contributed by atoms with Crippen LogP contribution in [-0.4, -0.2) is 38.2 Å². The van der Waals surface area contributed by atoms with Crippen LogP contribution in [0.5, 0.6) is 0 Å². The summed E-state index contributed by atoms with van der Waals surface area (Å²) < 4.78 is 0.